The average Bonchev–Trinajstić information content (AvgIpc) is 3.03. The molecule has 1 aromatic heterocycles. The predicted octanol–water partition coefficient (Wildman–Crippen LogP) is 2.38. The van der Waals surface area contributed by atoms with Crippen LogP contribution < -0.4 is 10.6 Å². The van der Waals surface area contributed by atoms with Crippen molar-refractivity contribution >= 4 is 46.4 Å². The van der Waals surface area contributed by atoms with Crippen LogP contribution in [-0.4, -0.2) is 20.8 Å². The van der Waals surface area contributed by atoms with Gasteiger partial charge in [0.25, 0.3) is 15.4 Å². The number of non-ortho nitro benzene ring substituents is 1. The van der Waals surface area contributed by atoms with E-state index in [0.717, 1.165) is 6.07 Å². The Kier molecular flexibility index (Phi) is 6.06. The van der Waals surface area contributed by atoms with Crippen LogP contribution in [0.5, 0.6) is 0 Å². The van der Waals surface area contributed by atoms with Crippen LogP contribution in [0.3, 0.4) is 0 Å². The number of nitro groups is 1. The molecule has 0 fully saturated rings. The summed E-state index contributed by atoms with van der Waals surface area (Å²) in [5.74, 6) is 0.0459. The number of nitro benzene ring substituents is 1. The molecule has 0 bridgehead atoms. The molecule has 128 valence electrons. The third-order valence-corrected chi connectivity index (χ3v) is 3.80. The Labute approximate surface area is 152 Å². The first-order valence-corrected chi connectivity index (χ1v) is 7.88. The zero-order chi connectivity index (χ0) is 17.7. The number of nitrogens with two attached hydrogens (primary N) is 1. The van der Waals surface area contributed by atoms with Gasteiger partial charge in [-0.2, -0.15) is 0 Å². The van der Waals surface area contributed by atoms with Gasteiger partial charge in [0.1, 0.15) is 6.54 Å². The number of nitrogens with one attached hydrogen (secondary N) is 1. The van der Waals surface area contributed by atoms with Gasteiger partial charge in [-0.1, -0.05) is 40.9 Å². The van der Waals surface area contributed by atoms with Crippen molar-refractivity contribution in [2.24, 2.45) is 0 Å². The van der Waals surface area contributed by atoms with E-state index in [1.807, 2.05) is 0 Å². The highest BCUT2D eigenvalue weighted by atomic mass is 35.6. The van der Waals surface area contributed by atoms with E-state index in [4.69, 9.17) is 39.2 Å². The molecule has 0 saturated heterocycles. The van der Waals surface area contributed by atoms with E-state index in [-0.39, 0.29) is 11.3 Å². The van der Waals surface area contributed by atoms with Crippen molar-refractivity contribution in [3.05, 3.63) is 64.1 Å². The molecule has 1 heterocycles. The molecule has 1 aromatic carbocycles. The smallest absolute Gasteiger partial charge is 0.270 e. The minimum atomic E-state index is -1.79. The summed E-state index contributed by atoms with van der Waals surface area (Å²) in [4.78, 5) is 22.5. The number of benzene rings is 1. The molecule has 3 N–H and O–H groups in total. The second-order valence-electron chi connectivity index (χ2n) is 4.82. The molecule has 1 amide bonds. The largest absolute Gasteiger partial charge is 0.463 e. The number of carbonyl (C=O) groups excluding carboxylic acids is 1. The zero-order valence-corrected chi connectivity index (χ0v) is 14.4. The number of carbonyl (C=O) groups is 1. The summed E-state index contributed by atoms with van der Waals surface area (Å²) >= 11 is 17.7. The predicted molar refractivity (Wildman–Crippen MR) is 89.0 cm³/mol. The average molecular weight is 394 g/mol. The van der Waals surface area contributed by atoms with Crippen LogP contribution in [0.25, 0.3) is 0 Å². The molecular weight excluding hydrogens is 381 g/mol. The molecule has 2 rings (SSSR count). The number of hydrogen-bond donors (Lipinski definition) is 2. The summed E-state index contributed by atoms with van der Waals surface area (Å²) in [6.07, 6.45) is 0.592. The fourth-order valence-corrected chi connectivity index (χ4v) is 2.35. The van der Waals surface area contributed by atoms with Crippen LogP contribution >= 0.6 is 34.8 Å². The van der Waals surface area contributed by atoms with E-state index in [9.17, 15) is 14.9 Å². The molecule has 24 heavy (non-hydrogen) atoms. The van der Waals surface area contributed by atoms with Crippen LogP contribution in [0.1, 0.15) is 16.1 Å². The van der Waals surface area contributed by atoms with Gasteiger partial charge in [0.2, 0.25) is 6.17 Å². The highest BCUT2D eigenvalue weighted by Gasteiger charge is 2.37. The van der Waals surface area contributed by atoms with E-state index in [1.165, 1.54) is 24.5 Å². The van der Waals surface area contributed by atoms with Crippen molar-refractivity contribution in [1.29, 1.82) is 0 Å². The van der Waals surface area contributed by atoms with Crippen LogP contribution in [0, 0.1) is 10.1 Å². The van der Waals surface area contributed by atoms with Gasteiger partial charge in [-0.15, -0.1) is 0 Å². The first-order valence-electron chi connectivity index (χ1n) is 6.75. The lowest BCUT2D eigenvalue weighted by molar-refractivity contribution is -0.708. The fraction of sp³-hybridized carbons (Fsp3) is 0.214. The molecule has 10 heteroatoms. The standard InChI is InChI=1S/C14H12Cl3N3O4/c15-14(16,17)13(18-8-11-5-2-6-24-11)19-12(21)9-3-1-4-10(7-9)20(22)23/h1-7,13,18H,8H2,(H,19,21)/p+1. The molecule has 1 atom stereocenters. The number of amides is 1. The van der Waals surface area contributed by atoms with Gasteiger partial charge in [0.05, 0.1) is 11.2 Å². The second kappa shape index (κ2) is 7.85. The second-order valence-corrected chi connectivity index (χ2v) is 7.19. The minimum Gasteiger partial charge on any atom is -0.463 e. The van der Waals surface area contributed by atoms with Gasteiger partial charge in [0, 0.05) is 17.7 Å². The maximum atomic E-state index is 12.3. The maximum absolute atomic E-state index is 12.3. The molecule has 0 radical (unpaired) electrons. The molecule has 0 saturated carbocycles. The quantitative estimate of drug-likeness (QED) is 0.340. The van der Waals surface area contributed by atoms with Crippen molar-refractivity contribution in [3.8, 4) is 0 Å². The Bertz CT molecular complexity index is 716. The van der Waals surface area contributed by atoms with Crippen LogP contribution in [0.15, 0.2) is 47.1 Å². The topological polar surface area (TPSA) is 102 Å². The van der Waals surface area contributed by atoms with Gasteiger partial charge in [-0.05, 0) is 18.2 Å². The molecular formula is C14H13Cl3N3O4+. The Morgan fingerprint density at radius 2 is 2.08 bits per heavy atom. The Morgan fingerprint density at radius 1 is 1.33 bits per heavy atom. The van der Waals surface area contributed by atoms with Crippen LogP contribution in [0.4, 0.5) is 5.69 Å². The summed E-state index contributed by atoms with van der Waals surface area (Å²) in [5, 5.41) is 14.9. The van der Waals surface area contributed by atoms with Crippen molar-refractivity contribution < 1.29 is 19.5 Å². The SMILES string of the molecule is O=C(NC([NH2+]Cc1ccco1)C(Cl)(Cl)Cl)c1cccc([N+](=O)[O-])c1. The highest BCUT2D eigenvalue weighted by molar-refractivity contribution is 6.68. The van der Waals surface area contributed by atoms with E-state index >= 15 is 0 Å². The maximum Gasteiger partial charge on any atom is 0.270 e. The van der Waals surface area contributed by atoms with Gasteiger partial charge in [-0.3, -0.25) is 20.2 Å². The lowest BCUT2D eigenvalue weighted by Crippen LogP contribution is -2.95. The van der Waals surface area contributed by atoms with Crippen molar-refractivity contribution in [2.75, 3.05) is 0 Å². The van der Waals surface area contributed by atoms with Crippen molar-refractivity contribution in [2.45, 2.75) is 16.5 Å². The van der Waals surface area contributed by atoms with Crippen LogP contribution in [-0.2, 0) is 6.54 Å². The first-order chi connectivity index (χ1) is 11.3. The summed E-state index contributed by atoms with van der Waals surface area (Å²) in [6.45, 7) is 0.334. The van der Waals surface area contributed by atoms with E-state index in [1.54, 1.807) is 17.4 Å². The van der Waals surface area contributed by atoms with Gasteiger partial charge in [-0.25, -0.2) is 0 Å². The van der Waals surface area contributed by atoms with Crippen molar-refractivity contribution in [1.82, 2.24) is 5.32 Å². The molecule has 0 spiro atoms. The summed E-state index contributed by atoms with van der Waals surface area (Å²) in [5.41, 5.74) is -0.109. The number of nitrogens with zero attached hydrogens (tertiary/aromatic N) is 1. The lowest BCUT2D eigenvalue weighted by Gasteiger charge is -2.23. The van der Waals surface area contributed by atoms with Crippen LogP contribution in [0.2, 0.25) is 0 Å². The number of hydrogen-bond acceptors (Lipinski definition) is 4. The number of quaternary nitrogens is 1. The molecule has 2 aromatic rings. The monoisotopic (exact) mass is 392 g/mol. The third kappa shape index (κ3) is 5.10. The summed E-state index contributed by atoms with van der Waals surface area (Å²) in [6, 6.07) is 8.74. The van der Waals surface area contributed by atoms with E-state index < -0.39 is 20.8 Å². The van der Waals surface area contributed by atoms with Crippen molar-refractivity contribution in [3.63, 3.8) is 0 Å². The van der Waals surface area contributed by atoms with Gasteiger partial charge in [0.15, 0.2) is 5.76 Å². The molecule has 1 unspecified atom stereocenters. The van der Waals surface area contributed by atoms with Gasteiger partial charge < -0.3 is 9.73 Å². The summed E-state index contributed by atoms with van der Waals surface area (Å²) < 4.78 is 3.39. The fourth-order valence-electron chi connectivity index (χ4n) is 1.92. The number of rotatable bonds is 6. The Morgan fingerprint density at radius 3 is 2.67 bits per heavy atom. The van der Waals surface area contributed by atoms with E-state index in [0.29, 0.717) is 12.3 Å². The normalized spacial score (nSPS) is 12.6. The Balaban J connectivity index is 2.09. The number of furan rings is 1. The summed E-state index contributed by atoms with van der Waals surface area (Å²) in [7, 11) is 0. The zero-order valence-electron chi connectivity index (χ0n) is 12.1. The molecule has 7 nitrogen and oxygen atoms in total. The Hall–Kier alpha value is -1.80. The number of alkyl halides is 3. The van der Waals surface area contributed by atoms with Gasteiger partial charge >= 0.3 is 0 Å². The first kappa shape index (κ1) is 18.5. The molecule has 0 aliphatic heterocycles. The third-order valence-electron chi connectivity index (χ3n) is 3.09. The number of halogens is 3. The van der Waals surface area contributed by atoms with E-state index in [2.05, 4.69) is 5.32 Å². The lowest BCUT2D eigenvalue weighted by atomic mass is 10.2. The molecule has 0 aliphatic carbocycles. The highest BCUT2D eigenvalue weighted by Crippen LogP contribution is 2.27. The minimum absolute atomic E-state index is 0.0925. The molecule has 0 aliphatic rings.